The molecule has 0 aromatic heterocycles. The molecule has 0 aliphatic rings. The Morgan fingerprint density at radius 1 is 0.951 bits per heavy atom. The van der Waals surface area contributed by atoms with Gasteiger partial charge in [0.2, 0.25) is 10.0 Å². The number of nitrogens with zero attached hydrogens (tertiary/aromatic N) is 1. The Morgan fingerprint density at radius 3 is 2.41 bits per heavy atom. The second-order valence-corrected chi connectivity index (χ2v) is 12.9. The normalized spacial score (nSPS) is 13.2. The first-order chi connectivity index (χ1) is 19.4. The van der Waals surface area contributed by atoms with Gasteiger partial charge in [-0.3, -0.25) is 0 Å². The van der Waals surface area contributed by atoms with Crippen molar-refractivity contribution in [2.75, 3.05) is 20.1 Å². The third-order valence-electron chi connectivity index (χ3n) is 6.94. The minimum atomic E-state index is -3.94. The lowest BCUT2D eigenvalue weighted by molar-refractivity contribution is -0.131. The fraction of sp³-hybridized carbons (Fsp3) is 0.242. The van der Waals surface area contributed by atoms with E-state index in [0.717, 1.165) is 12.5 Å². The van der Waals surface area contributed by atoms with Crippen LogP contribution >= 0.6 is 0 Å². The maximum absolute atomic E-state index is 13.6. The molecular formula is C33H36N2O5S. The van der Waals surface area contributed by atoms with Gasteiger partial charge in [-0.2, -0.15) is 4.31 Å². The zero-order valence-electron chi connectivity index (χ0n) is 23.5. The van der Waals surface area contributed by atoms with Crippen LogP contribution in [0.4, 0.5) is 0 Å². The molecule has 7 nitrogen and oxygen atoms in total. The van der Waals surface area contributed by atoms with Gasteiger partial charge in [-0.05, 0) is 65.9 Å². The Hall–Kier alpha value is -3.82. The van der Waals surface area contributed by atoms with Crippen molar-refractivity contribution in [1.29, 1.82) is 0 Å². The average molecular weight is 573 g/mol. The molecule has 0 fully saturated rings. The highest BCUT2D eigenvalue weighted by molar-refractivity contribution is 7.89. The second kappa shape index (κ2) is 12.8. The first-order valence-electron chi connectivity index (χ1n) is 13.4. The molecule has 1 unspecified atom stereocenters. The van der Waals surface area contributed by atoms with E-state index in [0.29, 0.717) is 16.7 Å². The maximum atomic E-state index is 13.6. The van der Waals surface area contributed by atoms with Crippen LogP contribution < -0.4 is 5.32 Å². The van der Waals surface area contributed by atoms with Crippen LogP contribution in [0.15, 0.2) is 102 Å². The summed E-state index contributed by atoms with van der Waals surface area (Å²) in [5.74, 6) is -1.06. The number of hydrogen-bond donors (Lipinski definition) is 3. The SMILES string of the molecule is CN(CC(O)CNC(C)(C)Cc1ccc2ccccc2c1)S(=O)(=O)c1ccccc1-c1cccc(C=CC(=O)O)c1. The average Bonchev–Trinajstić information content (AvgIpc) is 2.95. The summed E-state index contributed by atoms with van der Waals surface area (Å²) in [7, 11) is -2.48. The molecule has 0 spiro atoms. The number of benzene rings is 4. The summed E-state index contributed by atoms with van der Waals surface area (Å²) in [6.07, 6.45) is 2.31. The topological polar surface area (TPSA) is 107 Å². The lowest BCUT2D eigenvalue weighted by Crippen LogP contribution is -2.47. The fourth-order valence-corrected chi connectivity index (χ4v) is 6.27. The largest absolute Gasteiger partial charge is 0.478 e. The van der Waals surface area contributed by atoms with Crippen molar-refractivity contribution in [3.05, 3.63) is 108 Å². The van der Waals surface area contributed by atoms with Crippen LogP contribution in [-0.4, -0.2) is 60.7 Å². The zero-order chi connectivity index (χ0) is 29.6. The fourth-order valence-electron chi connectivity index (χ4n) is 4.85. The first kappa shape index (κ1) is 30.1. The van der Waals surface area contributed by atoms with Crippen LogP contribution in [0.3, 0.4) is 0 Å². The van der Waals surface area contributed by atoms with Crippen molar-refractivity contribution in [3.63, 3.8) is 0 Å². The zero-order valence-corrected chi connectivity index (χ0v) is 24.3. The van der Waals surface area contributed by atoms with E-state index in [1.165, 1.54) is 39.8 Å². The summed E-state index contributed by atoms with van der Waals surface area (Å²) >= 11 is 0. The van der Waals surface area contributed by atoms with Gasteiger partial charge in [-0.1, -0.05) is 78.9 Å². The molecule has 4 rings (SSSR count). The van der Waals surface area contributed by atoms with Crippen LogP contribution in [0, 0.1) is 0 Å². The standard InChI is InChI=1S/C33H36N2O5S/c1-33(2,21-25-15-17-26-10-4-5-11-27(26)20-25)34-22-29(36)23-35(3)41(39,40)31-14-7-6-13-30(31)28-12-8-9-24(19-28)16-18-32(37)38/h4-20,29,34,36H,21-23H2,1-3H3,(H,37,38). The summed E-state index contributed by atoms with van der Waals surface area (Å²) in [6, 6.07) is 28.3. The van der Waals surface area contributed by atoms with Crippen LogP contribution in [0.2, 0.25) is 0 Å². The molecule has 0 radical (unpaired) electrons. The number of carboxylic acids is 1. The number of carboxylic acid groups (broad SMARTS) is 1. The molecule has 4 aromatic rings. The molecule has 41 heavy (non-hydrogen) atoms. The summed E-state index contributed by atoms with van der Waals surface area (Å²) in [5.41, 5.74) is 2.62. The van der Waals surface area contributed by atoms with E-state index in [2.05, 4.69) is 49.5 Å². The van der Waals surface area contributed by atoms with Gasteiger partial charge in [0.15, 0.2) is 0 Å². The molecule has 0 aliphatic carbocycles. The molecule has 0 heterocycles. The van der Waals surface area contributed by atoms with E-state index in [1.807, 2.05) is 12.1 Å². The molecule has 0 saturated carbocycles. The van der Waals surface area contributed by atoms with Crippen LogP contribution in [0.5, 0.6) is 0 Å². The number of aliphatic carboxylic acids is 1. The summed E-state index contributed by atoms with van der Waals surface area (Å²) < 4.78 is 28.4. The van der Waals surface area contributed by atoms with Gasteiger partial charge in [-0.15, -0.1) is 0 Å². The predicted molar refractivity (Wildman–Crippen MR) is 164 cm³/mol. The minimum absolute atomic E-state index is 0.0862. The molecule has 1 atom stereocenters. The quantitative estimate of drug-likeness (QED) is 0.202. The number of sulfonamides is 1. The van der Waals surface area contributed by atoms with Crippen LogP contribution in [-0.2, 0) is 21.2 Å². The van der Waals surface area contributed by atoms with E-state index < -0.39 is 22.1 Å². The molecule has 214 valence electrons. The van der Waals surface area contributed by atoms with E-state index in [-0.39, 0.29) is 23.5 Å². The number of likely N-dealkylation sites (N-methyl/N-ethyl adjacent to an activating group) is 1. The summed E-state index contributed by atoms with van der Waals surface area (Å²) in [4.78, 5) is 11.0. The Balaban J connectivity index is 1.43. The highest BCUT2D eigenvalue weighted by Crippen LogP contribution is 2.30. The number of rotatable bonds is 12. The second-order valence-electron chi connectivity index (χ2n) is 10.9. The van der Waals surface area contributed by atoms with Gasteiger partial charge in [0, 0.05) is 37.3 Å². The first-order valence-corrected chi connectivity index (χ1v) is 14.9. The van der Waals surface area contributed by atoms with E-state index in [9.17, 15) is 18.3 Å². The smallest absolute Gasteiger partial charge is 0.328 e. The Morgan fingerprint density at radius 2 is 1.66 bits per heavy atom. The predicted octanol–water partition coefficient (Wildman–Crippen LogP) is 5.20. The number of carbonyl (C=O) groups is 1. The van der Waals surface area contributed by atoms with Gasteiger partial charge in [0.1, 0.15) is 0 Å². The van der Waals surface area contributed by atoms with Crippen LogP contribution in [0.1, 0.15) is 25.0 Å². The third kappa shape index (κ3) is 7.89. The molecule has 0 bridgehead atoms. The Bertz CT molecular complexity index is 1660. The lowest BCUT2D eigenvalue weighted by atomic mass is 9.93. The summed E-state index contributed by atoms with van der Waals surface area (Å²) in [5, 5.41) is 25.5. The molecular weight excluding hydrogens is 536 g/mol. The highest BCUT2D eigenvalue weighted by Gasteiger charge is 2.27. The number of aliphatic hydroxyl groups is 1. The minimum Gasteiger partial charge on any atom is -0.478 e. The van der Waals surface area contributed by atoms with Gasteiger partial charge in [0.25, 0.3) is 0 Å². The van der Waals surface area contributed by atoms with Crippen LogP contribution in [0.25, 0.3) is 28.0 Å². The number of nitrogens with one attached hydrogen (secondary N) is 1. The van der Waals surface area contributed by atoms with Crippen molar-refractivity contribution in [2.45, 2.75) is 36.8 Å². The lowest BCUT2D eigenvalue weighted by Gasteiger charge is -2.29. The molecule has 4 aromatic carbocycles. The number of hydrogen-bond acceptors (Lipinski definition) is 5. The number of aliphatic hydroxyl groups excluding tert-OH is 1. The maximum Gasteiger partial charge on any atom is 0.328 e. The highest BCUT2D eigenvalue weighted by atomic mass is 32.2. The van der Waals surface area contributed by atoms with E-state index in [4.69, 9.17) is 5.11 Å². The van der Waals surface area contributed by atoms with Gasteiger partial charge < -0.3 is 15.5 Å². The van der Waals surface area contributed by atoms with Crippen molar-refractivity contribution in [3.8, 4) is 11.1 Å². The summed E-state index contributed by atoms with van der Waals surface area (Å²) in [6.45, 7) is 4.26. The Kier molecular flexibility index (Phi) is 9.40. The van der Waals surface area contributed by atoms with Gasteiger partial charge in [0.05, 0.1) is 11.0 Å². The third-order valence-corrected chi connectivity index (χ3v) is 8.82. The Labute approximate surface area is 241 Å². The van der Waals surface area contributed by atoms with Crippen molar-refractivity contribution < 1.29 is 23.4 Å². The number of β-amino-alcohol motifs (C(OH)–C–C–N with tert-alkyl or cyclic N) is 1. The van der Waals surface area contributed by atoms with Gasteiger partial charge in [-0.25, -0.2) is 13.2 Å². The molecule has 8 heteroatoms. The van der Waals surface area contributed by atoms with E-state index in [1.54, 1.807) is 42.5 Å². The molecule has 0 amide bonds. The van der Waals surface area contributed by atoms with E-state index >= 15 is 0 Å². The van der Waals surface area contributed by atoms with Gasteiger partial charge >= 0.3 is 5.97 Å². The van der Waals surface area contributed by atoms with Crippen molar-refractivity contribution in [1.82, 2.24) is 9.62 Å². The molecule has 0 saturated heterocycles. The monoisotopic (exact) mass is 572 g/mol. The van der Waals surface area contributed by atoms with Crippen molar-refractivity contribution >= 4 is 32.8 Å². The molecule has 3 N–H and O–H groups in total. The van der Waals surface area contributed by atoms with Crippen molar-refractivity contribution in [2.24, 2.45) is 0 Å². The number of fused-ring (bicyclic) bond motifs is 1. The molecule has 0 aliphatic heterocycles.